The molecule has 0 spiro atoms. The van der Waals surface area contributed by atoms with Gasteiger partial charge in [0.2, 0.25) is 0 Å². The van der Waals surface area contributed by atoms with Gasteiger partial charge < -0.3 is 9.47 Å². The van der Waals surface area contributed by atoms with Gasteiger partial charge >= 0.3 is 5.97 Å². The molecular weight excluding hydrogens is 326 g/mol. The van der Waals surface area contributed by atoms with Crippen LogP contribution in [0.15, 0.2) is 54.6 Å². The van der Waals surface area contributed by atoms with Crippen LogP contribution in [-0.4, -0.2) is 5.97 Å². The summed E-state index contributed by atoms with van der Waals surface area (Å²) in [7, 11) is 0. The van der Waals surface area contributed by atoms with Crippen LogP contribution in [0.1, 0.15) is 33.3 Å². The van der Waals surface area contributed by atoms with Crippen molar-refractivity contribution in [2.75, 3.05) is 0 Å². The van der Waals surface area contributed by atoms with Crippen LogP contribution in [0.25, 0.3) is 0 Å². The van der Waals surface area contributed by atoms with Crippen molar-refractivity contribution in [1.29, 1.82) is 5.26 Å². The molecule has 4 heteroatoms. The van der Waals surface area contributed by atoms with Gasteiger partial charge in [-0.1, -0.05) is 58.0 Å². The number of para-hydroxylation sites is 1. The van der Waals surface area contributed by atoms with Crippen molar-refractivity contribution in [1.82, 2.24) is 0 Å². The summed E-state index contributed by atoms with van der Waals surface area (Å²) in [6, 6.07) is 17.3. The molecule has 0 aliphatic heterocycles. The van der Waals surface area contributed by atoms with E-state index in [0.29, 0.717) is 12.2 Å². The van der Waals surface area contributed by atoms with Gasteiger partial charge in [0.15, 0.2) is 0 Å². The van der Waals surface area contributed by atoms with Gasteiger partial charge in [-0.05, 0) is 47.1 Å². The maximum absolute atomic E-state index is 12.7. The van der Waals surface area contributed by atoms with E-state index in [-0.39, 0.29) is 10.8 Å². The molecule has 26 heavy (non-hydrogen) atoms. The summed E-state index contributed by atoms with van der Waals surface area (Å²) >= 11 is 0. The molecule has 2 aromatic carbocycles. The molecule has 1 fully saturated rings. The van der Waals surface area contributed by atoms with E-state index in [1.165, 1.54) is 0 Å². The Kier molecular flexibility index (Phi) is 4.28. The van der Waals surface area contributed by atoms with E-state index in [9.17, 15) is 4.79 Å². The van der Waals surface area contributed by atoms with Crippen LogP contribution in [0, 0.1) is 27.8 Å². The number of benzene rings is 2. The third-order valence-corrected chi connectivity index (χ3v) is 6.47. The standard InChI is InChI=1S/C22H23NO3/c1-20(2)21(3,4)22(20,19(24)25-15-23)14-16-9-8-12-18(13-16)26-17-10-6-5-7-11-17/h5-13H,14H2,1-4H3. The summed E-state index contributed by atoms with van der Waals surface area (Å²) < 4.78 is 10.7. The van der Waals surface area contributed by atoms with Gasteiger partial charge in [-0.2, -0.15) is 0 Å². The molecule has 1 aliphatic rings. The fraction of sp³-hybridized carbons (Fsp3) is 0.364. The van der Waals surface area contributed by atoms with Crippen LogP contribution in [0.4, 0.5) is 0 Å². The van der Waals surface area contributed by atoms with Crippen molar-refractivity contribution in [2.45, 2.75) is 34.1 Å². The zero-order valence-corrected chi connectivity index (χ0v) is 15.6. The Balaban J connectivity index is 1.89. The zero-order valence-electron chi connectivity index (χ0n) is 15.6. The Morgan fingerprint density at radius 2 is 1.58 bits per heavy atom. The Hall–Kier alpha value is -2.80. The van der Waals surface area contributed by atoms with Crippen LogP contribution in [0.2, 0.25) is 0 Å². The minimum Gasteiger partial charge on any atom is -0.457 e. The minimum absolute atomic E-state index is 0.274. The molecule has 4 nitrogen and oxygen atoms in total. The second-order valence-corrected chi connectivity index (χ2v) is 7.88. The molecule has 3 rings (SSSR count). The van der Waals surface area contributed by atoms with Crippen molar-refractivity contribution in [2.24, 2.45) is 16.2 Å². The summed E-state index contributed by atoms with van der Waals surface area (Å²) in [4.78, 5) is 12.7. The first-order chi connectivity index (χ1) is 12.3. The number of esters is 1. The highest BCUT2D eigenvalue weighted by Crippen LogP contribution is 2.79. The second-order valence-electron chi connectivity index (χ2n) is 7.88. The van der Waals surface area contributed by atoms with Gasteiger partial charge in [-0.25, -0.2) is 0 Å². The van der Waals surface area contributed by atoms with E-state index in [1.807, 2.05) is 54.6 Å². The number of ether oxygens (including phenoxy) is 2. The van der Waals surface area contributed by atoms with Gasteiger partial charge in [0.25, 0.3) is 6.26 Å². The molecule has 0 heterocycles. The summed E-state index contributed by atoms with van der Waals surface area (Å²) in [6.07, 6.45) is 2.04. The molecule has 2 aromatic rings. The molecule has 0 atom stereocenters. The average molecular weight is 349 g/mol. The Morgan fingerprint density at radius 3 is 2.15 bits per heavy atom. The van der Waals surface area contributed by atoms with Crippen molar-refractivity contribution in [3.63, 3.8) is 0 Å². The molecule has 0 aromatic heterocycles. The molecule has 0 amide bonds. The number of nitriles is 1. The molecular formula is C22H23NO3. The number of carbonyl (C=O) groups is 1. The maximum Gasteiger partial charge on any atom is 0.329 e. The number of hydrogen-bond acceptors (Lipinski definition) is 4. The smallest absolute Gasteiger partial charge is 0.329 e. The SMILES string of the molecule is CC1(C)C(C)(C)C1(Cc1cccc(Oc2ccccc2)c1)C(=O)OC#N. The van der Waals surface area contributed by atoms with Gasteiger partial charge in [-0.15, -0.1) is 5.26 Å². The second kappa shape index (κ2) is 6.17. The lowest BCUT2D eigenvalue weighted by atomic mass is 9.87. The molecule has 1 saturated carbocycles. The van der Waals surface area contributed by atoms with Gasteiger partial charge in [0.1, 0.15) is 11.5 Å². The van der Waals surface area contributed by atoms with Crippen LogP contribution in [0.5, 0.6) is 11.5 Å². The monoisotopic (exact) mass is 349 g/mol. The zero-order chi connectivity index (χ0) is 19.0. The molecule has 0 radical (unpaired) electrons. The predicted octanol–water partition coefficient (Wildman–Crippen LogP) is 5.10. The highest BCUT2D eigenvalue weighted by Gasteiger charge is 2.81. The van der Waals surface area contributed by atoms with Crippen LogP contribution >= 0.6 is 0 Å². The predicted molar refractivity (Wildman–Crippen MR) is 98.4 cm³/mol. The third kappa shape index (κ3) is 2.55. The van der Waals surface area contributed by atoms with E-state index >= 15 is 0 Å². The fourth-order valence-electron chi connectivity index (χ4n) is 4.23. The Morgan fingerprint density at radius 1 is 0.962 bits per heavy atom. The van der Waals surface area contributed by atoms with Crippen molar-refractivity contribution in [3.05, 3.63) is 60.2 Å². The topological polar surface area (TPSA) is 59.3 Å². The lowest BCUT2D eigenvalue weighted by Gasteiger charge is -2.18. The summed E-state index contributed by atoms with van der Waals surface area (Å²) in [5.41, 5.74) is -0.304. The van der Waals surface area contributed by atoms with Gasteiger partial charge in [0.05, 0.1) is 5.41 Å². The van der Waals surface area contributed by atoms with Gasteiger partial charge in [0, 0.05) is 0 Å². The van der Waals surface area contributed by atoms with Crippen molar-refractivity contribution < 1.29 is 14.3 Å². The minimum atomic E-state index is -0.735. The van der Waals surface area contributed by atoms with E-state index in [4.69, 9.17) is 14.7 Å². The van der Waals surface area contributed by atoms with E-state index in [0.717, 1.165) is 11.3 Å². The van der Waals surface area contributed by atoms with Crippen LogP contribution < -0.4 is 4.74 Å². The number of rotatable bonds is 5. The average Bonchev–Trinajstić information content (AvgIpc) is 2.95. The molecule has 134 valence electrons. The van der Waals surface area contributed by atoms with E-state index in [1.54, 1.807) is 6.26 Å². The highest BCUT2D eigenvalue weighted by atomic mass is 16.5. The molecule has 0 N–H and O–H groups in total. The normalized spacial score (nSPS) is 18.4. The number of hydrogen-bond donors (Lipinski definition) is 0. The Labute approximate surface area is 154 Å². The summed E-state index contributed by atoms with van der Waals surface area (Å²) in [5, 5.41) is 8.83. The molecule has 0 saturated heterocycles. The van der Waals surface area contributed by atoms with Crippen molar-refractivity contribution >= 4 is 5.97 Å². The first kappa shape index (κ1) is 18.0. The van der Waals surface area contributed by atoms with Crippen LogP contribution in [-0.2, 0) is 16.0 Å². The Bertz CT molecular complexity index is 848. The fourth-order valence-corrected chi connectivity index (χ4v) is 4.23. The van der Waals surface area contributed by atoms with E-state index < -0.39 is 11.4 Å². The van der Waals surface area contributed by atoms with Gasteiger partial charge in [-0.3, -0.25) is 4.79 Å². The quantitative estimate of drug-likeness (QED) is 0.557. The largest absolute Gasteiger partial charge is 0.457 e. The van der Waals surface area contributed by atoms with E-state index in [2.05, 4.69) is 27.7 Å². The third-order valence-electron chi connectivity index (χ3n) is 6.47. The highest BCUT2D eigenvalue weighted by molar-refractivity contribution is 5.85. The lowest BCUT2D eigenvalue weighted by Crippen LogP contribution is -2.27. The lowest BCUT2D eigenvalue weighted by molar-refractivity contribution is -0.145. The summed E-state index contributed by atoms with van der Waals surface area (Å²) in [6.45, 7) is 8.21. The van der Waals surface area contributed by atoms with Crippen LogP contribution in [0.3, 0.4) is 0 Å². The first-order valence-corrected chi connectivity index (χ1v) is 8.68. The van der Waals surface area contributed by atoms with Crippen molar-refractivity contribution in [3.8, 4) is 17.8 Å². The molecule has 0 bridgehead atoms. The molecule has 1 aliphatic carbocycles. The maximum atomic E-state index is 12.7. The molecule has 0 unspecified atom stereocenters. The summed E-state index contributed by atoms with van der Waals surface area (Å²) in [5.74, 6) is 1.02. The number of nitrogens with zero attached hydrogens (tertiary/aromatic N) is 1. The first-order valence-electron chi connectivity index (χ1n) is 8.68. The number of carbonyl (C=O) groups excluding carboxylic acids is 1.